The predicted molar refractivity (Wildman–Crippen MR) is 111 cm³/mol. The first-order valence-corrected chi connectivity index (χ1v) is 10.1. The Hall–Kier alpha value is -3.00. The molecule has 0 radical (unpaired) electrons. The second kappa shape index (κ2) is 7.20. The predicted octanol–water partition coefficient (Wildman–Crippen LogP) is 3.50. The molecule has 4 aromatic rings. The molecule has 0 atom stereocenters. The van der Waals surface area contributed by atoms with Crippen LogP contribution in [0.2, 0.25) is 0 Å². The average Bonchev–Trinajstić information content (AvgIpc) is 3.09. The molecule has 0 fully saturated rings. The summed E-state index contributed by atoms with van der Waals surface area (Å²) in [7, 11) is 0. The summed E-state index contributed by atoms with van der Waals surface area (Å²) in [6, 6.07) is 9.74. The monoisotopic (exact) mass is 392 g/mol. The highest BCUT2D eigenvalue weighted by molar-refractivity contribution is 7.98. The van der Waals surface area contributed by atoms with Gasteiger partial charge in [0.25, 0.3) is 5.78 Å². The fraction of sp³-hybridized carbons (Fsp3) is 0.250. The molecule has 0 saturated carbocycles. The fourth-order valence-electron chi connectivity index (χ4n) is 3.23. The van der Waals surface area contributed by atoms with Gasteiger partial charge in [0, 0.05) is 28.0 Å². The Labute approximate surface area is 166 Å². The summed E-state index contributed by atoms with van der Waals surface area (Å²) in [6.45, 7) is 5.77. The van der Waals surface area contributed by atoms with E-state index >= 15 is 0 Å². The van der Waals surface area contributed by atoms with Crippen LogP contribution in [0.5, 0.6) is 0 Å². The molecule has 8 heteroatoms. The van der Waals surface area contributed by atoms with E-state index in [1.54, 1.807) is 4.52 Å². The lowest BCUT2D eigenvalue weighted by atomic mass is 10.1. The number of para-hydroxylation sites is 1. The lowest BCUT2D eigenvalue weighted by Crippen LogP contribution is -2.18. The van der Waals surface area contributed by atoms with Crippen LogP contribution in [0.15, 0.2) is 35.5 Å². The number of thioether (sulfide) groups is 1. The zero-order valence-corrected chi connectivity index (χ0v) is 17.0. The Balaban J connectivity index is 1.65. The number of hydrogen-bond acceptors (Lipinski definition) is 6. The molecule has 1 N–H and O–H groups in total. The lowest BCUT2D eigenvalue weighted by molar-refractivity contribution is -0.115. The van der Waals surface area contributed by atoms with Crippen molar-refractivity contribution in [3.8, 4) is 0 Å². The smallest absolute Gasteiger partial charge is 0.253 e. The number of anilines is 1. The van der Waals surface area contributed by atoms with Gasteiger partial charge in [-0.05, 0) is 39.2 Å². The van der Waals surface area contributed by atoms with Gasteiger partial charge in [-0.25, -0.2) is 9.50 Å². The first-order valence-electron chi connectivity index (χ1n) is 8.89. The van der Waals surface area contributed by atoms with E-state index in [1.807, 2.05) is 57.4 Å². The molecule has 7 nitrogen and oxygen atoms in total. The van der Waals surface area contributed by atoms with Gasteiger partial charge in [-0.2, -0.15) is 4.98 Å². The number of hydrogen-bond donors (Lipinski definition) is 1. The van der Waals surface area contributed by atoms with Gasteiger partial charge in [-0.3, -0.25) is 9.78 Å². The molecular formula is C20H20N6OS. The maximum atomic E-state index is 12.8. The molecule has 0 aliphatic heterocycles. The highest BCUT2D eigenvalue weighted by Crippen LogP contribution is 2.23. The quantitative estimate of drug-likeness (QED) is 0.535. The van der Waals surface area contributed by atoms with Crippen molar-refractivity contribution in [3.63, 3.8) is 0 Å². The molecule has 0 unspecified atom stereocenters. The van der Waals surface area contributed by atoms with Crippen LogP contribution >= 0.6 is 11.8 Å². The summed E-state index contributed by atoms with van der Waals surface area (Å²) in [5.74, 6) is 0.436. The van der Waals surface area contributed by atoms with E-state index in [2.05, 4.69) is 25.4 Å². The van der Waals surface area contributed by atoms with E-state index in [-0.39, 0.29) is 12.3 Å². The third-order valence-electron chi connectivity index (χ3n) is 4.68. The van der Waals surface area contributed by atoms with Gasteiger partial charge < -0.3 is 5.32 Å². The Morgan fingerprint density at radius 1 is 1.11 bits per heavy atom. The molecule has 28 heavy (non-hydrogen) atoms. The number of aryl methyl sites for hydroxylation is 3. The molecule has 0 spiro atoms. The van der Waals surface area contributed by atoms with E-state index in [1.165, 1.54) is 11.8 Å². The largest absolute Gasteiger partial charge is 0.324 e. The maximum Gasteiger partial charge on any atom is 0.253 e. The zero-order chi connectivity index (χ0) is 19.8. The number of carbonyl (C=O) groups is 1. The van der Waals surface area contributed by atoms with Crippen LogP contribution in [0.1, 0.15) is 22.6 Å². The number of fused-ring (bicyclic) bond motifs is 2. The van der Waals surface area contributed by atoms with Crippen molar-refractivity contribution in [1.82, 2.24) is 24.6 Å². The molecular weight excluding hydrogens is 372 g/mol. The number of nitrogens with zero attached hydrogens (tertiary/aromatic N) is 5. The Kier molecular flexibility index (Phi) is 4.72. The summed E-state index contributed by atoms with van der Waals surface area (Å²) in [5.41, 5.74) is 4.92. The Morgan fingerprint density at radius 2 is 1.93 bits per heavy atom. The van der Waals surface area contributed by atoms with E-state index in [0.717, 1.165) is 33.5 Å². The minimum atomic E-state index is -0.117. The Bertz CT molecular complexity index is 1220. The summed E-state index contributed by atoms with van der Waals surface area (Å²) >= 11 is 1.46. The number of amides is 1. The minimum absolute atomic E-state index is 0.117. The van der Waals surface area contributed by atoms with Gasteiger partial charge in [0.2, 0.25) is 11.1 Å². The topological polar surface area (TPSA) is 85.1 Å². The van der Waals surface area contributed by atoms with Crippen LogP contribution in [0.4, 0.5) is 5.69 Å². The van der Waals surface area contributed by atoms with Crippen molar-refractivity contribution in [2.75, 3.05) is 11.6 Å². The van der Waals surface area contributed by atoms with E-state index in [9.17, 15) is 4.79 Å². The fourth-order valence-corrected chi connectivity index (χ4v) is 3.57. The molecule has 0 aliphatic carbocycles. The van der Waals surface area contributed by atoms with E-state index in [4.69, 9.17) is 0 Å². The van der Waals surface area contributed by atoms with Crippen molar-refractivity contribution in [2.24, 2.45) is 0 Å². The maximum absolute atomic E-state index is 12.8. The molecule has 0 saturated heterocycles. The number of pyridine rings is 1. The second-order valence-electron chi connectivity index (χ2n) is 6.63. The van der Waals surface area contributed by atoms with Gasteiger partial charge in [-0.1, -0.05) is 30.0 Å². The molecule has 0 aliphatic rings. The average molecular weight is 392 g/mol. The highest BCUT2D eigenvalue weighted by Gasteiger charge is 2.16. The van der Waals surface area contributed by atoms with Crippen LogP contribution in [0.3, 0.4) is 0 Å². The third-order valence-corrected chi connectivity index (χ3v) is 5.22. The number of benzene rings is 1. The minimum Gasteiger partial charge on any atom is -0.324 e. The normalized spacial score (nSPS) is 11.3. The van der Waals surface area contributed by atoms with Crippen molar-refractivity contribution in [2.45, 2.75) is 32.3 Å². The van der Waals surface area contributed by atoms with E-state index < -0.39 is 0 Å². The van der Waals surface area contributed by atoms with Crippen molar-refractivity contribution in [3.05, 3.63) is 53.0 Å². The van der Waals surface area contributed by atoms with Gasteiger partial charge in [-0.15, -0.1) is 5.10 Å². The Morgan fingerprint density at radius 3 is 2.71 bits per heavy atom. The summed E-state index contributed by atoms with van der Waals surface area (Å²) in [4.78, 5) is 26.3. The molecule has 1 amide bonds. The van der Waals surface area contributed by atoms with Crippen LogP contribution in [0, 0.1) is 20.8 Å². The lowest BCUT2D eigenvalue weighted by Gasteiger charge is -2.12. The summed E-state index contributed by atoms with van der Waals surface area (Å²) in [5, 5.41) is 9.09. The van der Waals surface area contributed by atoms with Crippen molar-refractivity contribution >= 4 is 40.0 Å². The van der Waals surface area contributed by atoms with E-state index in [0.29, 0.717) is 16.6 Å². The number of carbonyl (C=O) groups excluding carboxylic acids is 1. The molecule has 0 bridgehead atoms. The number of rotatable bonds is 4. The van der Waals surface area contributed by atoms with Crippen LogP contribution in [-0.4, -0.2) is 36.7 Å². The zero-order valence-electron chi connectivity index (χ0n) is 16.1. The highest BCUT2D eigenvalue weighted by atomic mass is 32.2. The first-order chi connectivity index (χ1) is 13.5. The summed E-state index contributed by atoms with van der Waals surface area (Å²) in [6.07, 6.45) is 2.13. The number of aromatic nitrogens is 5. The molecule has 3 aromatic heterocycles. The van der Waals surface area contributed by atoms with Gasteiger partial charge >= 0.3 is 0 Å². The molecule has 3 heterocycles. The first kappa shape index (κ1) is 18.4. The van der Waals surface area contributed by atoms with Crippen molar-refractivity contribution in [1.29, 1.82) is 0 Å². The molecule has 4 rings (SSSR count). The van der Waals surface area contributed by atoms with Crippen LogP contribution < -0.4 is 5.32 Å². The SMILES string of the molecule is CSc1nc2nc(C)c(CC(=O)Nc3cccc4ccc(C)nc34)c(C)n2n1. The van der Waals surface area contributed by atoms with Gasteiger partial charge in [0.05, 0.1) is 17.6 Å². The third kappa shape index (κ3) is 3.31. The van der Waals surface area contributed by atoms with Gasteiger partial charge in [0.1, 0.15) is 0 Å². The van der Waals surface area contributed by atoms with Crippen LogP contribution in [0.25, 0.3) is 16.7 Å². The second-order valence-corrected chi connectivity index (χ2v) is 7.40. The molecule has 142 valence electrons. The summed E-state index contributed by atoms with van der Waals surface area (Å²) < 4.78 is 1.70. The molecule has 1 aromatic carbocycles. The van der Waals surface area contributed by atoms with Gasteiger partial charge in [0.15, 0.2) is 0 Å². The standard InChI is InChI=1S/C20H20N6OS/c1-11-8-9-14-6-5-7-16(18(14)21-11)23-17(27)10-15-12(2)22-19-24-20(28-4)25-26(19)13(15)3/h5-9H,10H2,1-4H3,(H,23,27). The van der Waals surface area contributed by atoms with Crippen LogP contribution in [-0.2, 0) is 11.2 Å². The number of nitrogens with one attached hydrogen (secondary N) is 1. The van der Waals surface area contributed by atoms with Crippen molar-refractivity contribution < 1.29 is 4.79 Å².